The highest BCUT2D eigenvalue weighted by molar-refractivity contribution is 6.08. The Bertz CT molecular complexity index is 1080. The molecule has 0 aliphatic carbocycles. The number of rotatable bonds is 3. The van der Waals surface area contributed by atoms with Gasteiger partial charge in [-0.1, -0.05) is 6.07 Å². The van der Waals surface area contributed by atoms with Gasteiger partial charge < -0.3 is 19.6 Å². The third-order valence-electron chi connectivity index (χ3n) is 4.25. The minimum absolute atomic E-state index is 0.0186. The summed E-state index contributed by atoms with van der Waals surface area (Å²) in [5, 5.41) is 11.6. The van der Waals surface area contributed by atoms with Crippen LogP contribution in [0.1, 0.15) is 58.8 Å². The molecule has 0 saturated carbocycles. The van der Waals surface area contributed by atoms with Crippen LogP contribution in [0.2, 0.25) is 0 Å². The van der Waals surface area contributed by atoms with Crippen LogP contribution in [0.25, 0.3) is 11.0 Å². The summed E-state index contributed by atoms with van der Waals surface area (Å²) < 4.78 is 10.7. The molecular weight excluding hydrogens is 412 g/mol. The van der Waals surface area contributed by atoms with Crippen LogP contribution in [0.15, 0.2) is 42.9 Å². The standard InChI is InChI=1S/C23H28N4O5/c1-22(2,3)31-20(29)27(21(30)32-23(4,5)6)17-10-9-14(12-25-17)18(28)16-13-26-19-15(16)8-7-11-24-19/h7-13,18,28H,1-6H3,(H,24,26). The van der Waals surface area contributed by atoms with Crippen LogP contribution in [0.5, 0.6) is 0 Å². The van der Waals surface area contributed by atoms with Gasteiger partial charge in [-0.05, 0) is 59.7 Å². The van der Waals surface area contributed by atoms with Crippen molar-refractivity contribution in [3.63, 3.8) is 0 Å². The number of hydrogen-bond donors (Lipinski definition) is 2. The third kappa shape index (κ3) is 5.42. The maximum atomic E-state index is 12.7. The van der Waals surface area contributed by atoms with E-state index in [9.17, 15) is 14.7 Å². The second-order valence-corrected chi connectivity index (χ2v) is 9.29. The monoisotopic (exact) mass is 440 g/mol. The highest BCUT2D eigenvalue weighted by Crippen LogP contribution is 2.29. The molecule has 3 heterocycles. The highest BCUT2D eigenvalue weighted by Gasteiger charge is 2.33. The average Bonchev–Trinajstić information content (AvgIpc) is 3.09. The molecule has 9 nitrogen and oxygen atoms in total. The highest BCUT2D eigenvalue weighted by atomic mass is 16.6. The summed E-state index contributed by atoms with van der Waals surface area (Å²) in [6.07, 6.45) is 1.95. The molecule has 0 radical (unpaired) electrons. The lowest BCUT2D eigenvalue weighted by atomic mass is 10.0. The fourth-order valence-corrected chi connectivity index (χ4v) is 2.95. The molecule has 9 heteroatoms. The van der Waals surface area contributed by atoms with Crippen molar-refractivity contribution in [1.82, 2.24) is 15.0 Å². The van der Waals surface area contributed by atoms with Crippen molar-refractivity contribution in [2.45, 2.75) is 58.8 Å². The largest absolute Gasteiger partial charge is 0.443 e. The second-order valence-electron chi connectivity index (χ2n) is 9.29. The third-order valence-corrected chi connectivity index (χ3v) is 4.25. The Balaban J connectivity index is 1.91. The topological polar surface area (TPSA) is 118 Å². The molecule has 3 aromatic heterocycles. The molecule has 1 atom stereocenters. The Morgan fingerprint density at radius 1 is 1.00 bits per heavy atom. The predicted molar refractivity (Wildman–Crippen MR) is 119 cm³/mol. The van der Waals surface area contributed by atoms with Gasteiger partial charge in [0.15, 0.2) is 0 Å². The SMILES string of the molecule is CC(C)(C)OC(=O)N(C(=O)OC(C)(C)C)c1ccc(C(O)c2c[nH]c3ncccc23)cn1. The van der Waals surface area contributed by atoms with Crippen molar-refractivity contribution in [3.8, 4) is 0 Å². The zero-order chi connectivity index (χ0) is 23.7. The molecule has 32 heavy (non-hydrogen) atoms. The quantitative estimate of drug-likeness (QED) is 0.605. The molecule has 170 valence electrons. The summed E-state index contributed by atoms with van der Waals surface area (Å²) in [4.78, 5) is 37.7. The van der Waals surface area contributed by atoms with Gasteiger partial charge in [-0.25, -0.2) is 19.6 Å². The molecule has 3 aromatic rings. The Hall–Kier alpha value is -3.46. The van der Waals surface area contributed by atoms with E-state index in [1.807, 2.05) is 6.07 Å². The maximum absolute atomic E-state index is 12.7. The van der Waals surface area contributed by atoms with Gasteiger partial charge in [0.1, 0.15) is 28.8 Å². The lowest BCUT2D eigenvalue weighted by Gasteiger charge is -2.28. The number of aromatic nitrogens is 3. The van der Waals surface area contributed by atoms with Crippen LogP contribution in [0.4, 0.5) is 15.4 Å². The average molecular weight is 441 g/mol. The van der Waals surface area contributed by atoms with Crippen LogP contribution in [-0.4, -0.2) is 43.4 Å². The molecule has 0 bridgehead atoms. The smallest absolute Gasteiger partial charge is 0.425 e. The van der Waals surface area contributed by atoms with E-state index < -0.39 is 29.5 Å². The Morgan fingerprint density at radius 2 is 1.62 bits per heavy atom. The number of aromatic amines is 1. The van der Waals surface area contributed by atoms with E-state index >= 15 is 0 Å². The van der Waals surface area contributed by atoms with Crippen LogP contribution in [0, 0.1) is 0 Å². The van der Waals surface area contributed by atoms with Crippen molar-refractivity contribution < 1.29 is 24.2 Å². The number of fused-ring (bicyclic) bond motifs is 1. The van der Waals surface area contributed by atoms with Gasteiger partial charge in [0.25, 0.3) is 0 Å². The van der Waals surface area contributed by atoms with E-state index in [0.717, 1.165) is 10.3 Å². The number of pyridine rings is 2. The van der Waals surface area contributed by atoms with Gasteiger partial charge in [-0.2, -0.15) is 4.90 Å². The second kappa shape index (κ2) is 8.58. The van der Waals surface area contributed by atoms with Gasteiger partial charge in [-0.3, -0.25) is 0 Å². The van der Waals surface area contributed by atoms with Crippen LogP contribution >= 0.6 is 0 Å². The Morgan fingerprint density at radius 3 is 2.16 bits per heavy atom. The van der Waals surface area contributed by atoms with Crippen molar-refractivity contribution >= 4 is 29.0 Å². The van der Waals surface area contributed by atoms with Crippen molar-refractivity contribution in [1.29, 1.82) is 0 Å². The Labute approximate surface area is 186 Å². The van der Waals surface area contributed by atoms with Gasteiger partial charge in [0.05, 0.1) is 0 Å². The molecule has 0 spiro atoms. The first kappa shape index (κ1) is 23.2. The lowest BCUT2D eigenvalue weighted by Crippen LogP contribution is -2.44. The number of ether oxygens (including phenoxy) is 2. The number of nitrogens with zero attached hydrogens (tertiary/aromatic N) is 3. The van der Waals surface area contributed by atoms with Gasteiger partial charge >= 0.3 is 12.2 Å². The summed E-state index contributed by atoms with van der Waals surface area (Å²) in [6, 6.07) is 6.68. The van der Waals surface area contributed by atoms with Gasteiger partial charge in [0, 0.05) is 35.1 Å². The zero-order valence-corrected chi connectivity index (χ0v) is 19.0. The summed E-state index contributed by atoms with van der Waals surface area (Å²) >= 11 is 0. The van der Waals surface area contributed by atoms with E-state index in [1.54, 1.807) is 66.1 Å². The van der Waals surface area contributed by atoms with E-state index in [2.05, 4.69) is 15.0 Å². The first-order valence-electron chi connectivity index (χ1n) is 10.2. The number of hydrogen-bond acceptors (Lipinski definition) is 7. The molecule has 0 fully saturated rings. The van der Waals surface area contributed by atoms with Crippen molar-refractivity contribution in [2.24, 2.45) is 0 Å². The molecule has 0 aromatic carbocycles. The fraction of sp³-hybridized carbons (Fsp3) is 0.391. The number of nitrogens with one attached hydrogen (secondary N) is 1. The minimum atomic E-state index is -0.981. The molecule has 2 amide bonds. The predicted octanol–water partition coefficient (Wildman–Crippen LogP) is 4.72. The summed E-state index contributed by atoms with van der Waals surface area (Å²) in [7, 11) is 0. The number of carbonyl (C=O) groups excluding carboxylic acids is 2. The van der Waals surface area contributed by atoms with Gasteiger partial charge in [0.2, 0.25) is 0 Å². The molecular formula is C23H28N4O5. The van der Waals surface area contributed by atoms with E-state index in [1.165, 1.54) is 12.3 Å². The van der Waals surface area contributed by atoms with E-state index in [0.29, 0.717) is 16.8 Å². The van der Waals surface area contributed by atoms with Crippen LogP contribution < -0.4 is 4.90 Å². The molecule has 3 rings (SSSR count). The lowest BCUT2D eigenvalue weighted by molar-refractivity contribution is 0.0429. The van der Waals surface area contributed by atoms with Crippen LogP contribution in [0.3, 0.4) is 0 Å². The molecule has 1 unspecified atom stereocenters. The molecule has 0 aliphatic heterocycles. The van der Waals surface area contributed by atoms with Crippen molar-refractivity contribution in [2.75, 3.05) is 4.90 Å². The van der Waals surface area contributed by atoms with Crippen molar-refractivity contribution in [3.05, 3.63) is 54.0 Å². The fourth-order valence-electron chi connectivity index (χ4n) is 2.95. The maximum Gasteiger partial charge on any atom is 0.425 e. The number of anilines is 1. The minimum Gasteiger partial charge on any atom is -0.443 e. The first-order valence-corrected chi connectivity index (χ1v) is 10.2. The molecule has 0 aliphatic rings. The molecule has 0 saturated heterocycles. The number of aliphatic hydroxyl groups excluding tert-OH is 1. The van der Waals surface area contributed by atoms with Gasteiger partial charge in [-0.15, -0.1) is 0 Å². The summed E-state index contributed by atoms with van der Waals surface area (Å²) in [6.45, 7) is 10.2. The number of aliphatic hydroxyl groups is 1. The first-order chi connectivity index (χ1) is 14.9. The van der Waals surface area contributed by atoms with E-state index in [4.69, 9.17) is 9.47 Å². The number of amides is 2. The summed E-state index contributed by atoms with van der Waals surface area (Å²) in [5.74, 6) is 0.0186. The van der Waals surface area contributed by atoms with Crippen LogP contribution in [-0.2, 0) is 9.47 Å². The normalized spacial score (nSPS) is 13.0. The number of imide groups is 1. The summed E-state index contributed by atoms with van der Waals surface area (Å²) in [5.41, 5.74) is 0.131. The molecule has 2 N–H and O–H groups in total. The number of carbonyl (C=O) groups is 2. The Kier molecular flexibility index (Phi) is 6.23. The zero-order valence-electron chi connectivity index (χ0n) is 19.0. The number of H-pyrrole nitrogens is 1. The van der Waals surface area contributed by atoms with E-state index in [-0.39, 0.29) is 5.82 Å².